The van der Waals surface area contributed by atoms with E-state index in [0.717, 1.165) is 23.3 Å². The predicted molar refractivity (Wildman–Crippen MR) is 128 cm³/mol. The van der Waals surface area contributed by atoms with Crippen LogP contribution < -0.4 is 4.72 Å². The Morgan fingerprint density at radius 2 is 1.81 bits per heavy atom. The third-order valence-corrected chi connectivity index (χ3v) is 8.04. The van der Waals surface area contributed by atoms with Crippen LogP contribution in [0.3, 0.4) is 0 Å². The maximum Gasteiger partial charge on any atom is 0.420 e. The number of thiazole rings is 1. The second-order valence-electron chi connectivity index (χ2n) is 9.33. The Labute approximate surface area is 196 Å². The van der Waals surface area contributed by atoms with Crippen molar-refractivity contribution in [3.63, 3.8) is 0 Å². The van der Waals surface area contributed by atoms with E-state index in [0.29, 0.717) is 6.42 Å². The van der Waals surface area contributed by atoms with Crippen LogP contribution in [0.2, 0.25) is 0 Å². The minimum Gasteiger partial charge on any atom is -0.443 e. The summed E-state index contributed by atoms with van der Waals surface area (Å²) in [4.78, 5) is 29.4. The molecule has 0 spiro atoms. The lowest BCUT2D eigenvalue weighted by molar-refractivity contribution is -0.117. The second-order valence-corrected chi connectivity index (χ2v) is 12.5. The number of hydrogen-bond acceptors (Lipinski definition) is 7. The number of carbonyl (C=O) groups excluding carboxylic acids is 2. The van der Waals surface area contributed by atoms with Crippen LogP contribution in [-0.4, -0.2) is 31.9 Å². The average Bonchev–Trinajstić information content (AvgIpc) is 3.10. The second kappa shape index (κ2) is 10.9. The molecule has 0 bridgehead atoms. The van der Waals surface area contributed by atoms with Crippen molar-refractivity contribution in [1.29, 1.82) is 0 Å². The molecule has 0 radical (unpaired) electrons. The lowest BCUT2D eigenvalue weighted by atomic mass is 9.92. The van der Waals surface area contributed by atoms with E-state index in [9.17, 15) is 18.9 Å². The van der Waals surface area contributed by atoms with Gasteiger partial charge in [0.15, 0.2) is 9.92 Å². The number of aromatic nitrogens is 1. The molecule has 1 rings (SSSR count). The van der Waals surface area contributed by atoms with Gasteiger partial charge in [0, 0.05) is 0 Å². The molecular formula is C22H37N3O5S2. The molecule has 1 heterocycles. The zero-order chi connectivity index (χ0) is 24.9. The first kappa shape index (κ1) is 28.3. The summed E-state index contributed by atoms with van der Waals surface area (Å²) < 4.78 is 25.3. The number of amides is 2. The van der Waals surface area contributed by atoms with Gasteiger partial charge in [-0.15, -0.1) is 15.7 Å². The number of allylic oxidation sites excluding steroid dienone is 1. The van der Waals surface area contributed by atoms with Crippen LogP contribution in [0.15, 0.2) is 25.9 Å². The number of nitrogens with one attached hydrogen (secondary N) is 1. The molecule has 1 aromatic rings. The van der Waals surface area contributed by atoms with Gasteiger partial charge in [-0.1, -0.05) is 38.8 Å². The number of aliphatic hydroxyl groups is 1. The molecule has 0 fully saturated rings. The van der Waals surface area contributed by atoms with Gasteiger partial charge in [0.2, 0.25) is 0 Å². The van der Waals surface area contributed by atoms with Crippen LogP contribution in [-0.2, 0) is 25.0 Å². The fourth-order valence-electron chi connectivity index (χ4n) is 3.09. The van der Waals surface area contributed by atoms with Gasteiger partial charge in [-0.05, 0) is 53.4 Å². The zero-order valence-corrected chi connectivity index (χ0v) is 22.2. The number of hydrogen-bond donors (Lipinski definition) is 2. The summed E-state index contributed by atoms with van der Waals surface area (Å²) in [6.45, 7) is 16.2. The van der Waals surface area contributed by atoms with Crippen molar-refractivity contribution >= 4 is 33.3 Å². The van der Waals surface area contributed by atoms with Crippen LogP contribution in [0.4, 0.5) is 4.79 Å². The van der Waals surface area contributed by atoms with Gasteiger partial charge in [0.05, 0.1) is 12.6 Å². The molecule has 0 saturated heterocycles. The molecule has 1 aromatic heterocycles. The summed E-state index contributed by atoms with van der Waals surface area (Å²) in [7, 11) is -3.71. The highest BCUT2D eigenvalue weighted by atomic mass is 32.2. The largest absolute Gasteiger partial charge is 0.443 e. The summed E-state index contributed by atoms with van der Waals surface area (Å²) in [5, 5.41) is 10.5. The zero-order valence-electron chi connectivity index (χ0n) is 20.6. The SMILES string of the molecule is CC/C(CC(=O)N=S(=O)(NC(=O)OC(C)(C)C)c1cnc(C(C)(C)O)s1)=C(\CC)C(C)C. The minimum absolute atomic E-state index is 0.0159. The normalized spacial score (nSPS) is 15.1. The predicted octanol–water partition coefficient (Wildman–Crippen LogP) is 5.33. The third-order valence-electron chi connectivity index (χ3n) is 4.45. The maximum absolute atomic E-state index is 13.8. The summed E-state index contributed by atoms with van der Waals surface area (Å²) in [5.41, 5.74) is 0.0256. The molecule has 0 aromatic carbocycles. The molecule has 0 aliphatic heterocycles. The minimum atomic E-state index is -3.71. The Hall–Kier alpha value is -1.78. The Balaban J connectivity index is 3.47. The lowest BCUT2D eigenvalue weighted by Gasteiger charge is -2.20. The summed E-state index contributed by atoms with van der Waals surface area (Å²) >= 11 is 0.924. The third kappa shape index (κ3) is 8.29. The first-order chi connectivity index (χ1) is 14.5. The molecule has 0 saturated carbocycles. The highest BCUT2D eigenvalue weighted by Crippen LogP contribution is 2.29. The Morgan fingerprint density at radius 1 is 1.22 bits per heavy atom. The van der Waals surface area contributed by atoms with Gasteiger partial charge in [-0.2, -0.15) is 0 Å². The average molecular weight is 488 g/mol. The van der Waals surface area contributed by atoms with Gasteiger partial charge in [0.25, 0.3) is 5.91 Å². The first-order valence-electron chi connectivity index (χ1n) is 10.7. The van der Waals surface area contributed by atoms with Gasteiger partial charge in [-0.3, -0.25) is 4.79 Å². The monoisotopic (exact) mass is 487 g/mol. The molecule has 1 atom stereocenters. The Kier molecular flexibility index (Phi) is 9.62. The van der Waals surface area contributed by atoms with Crippen LogP contribution in [0, 0.1) is 5.92 Å². The standard InChI is InChI=1S/C22H37N3O5S2/c1-10-15(16(11-2)14(3)4)12-17(26)24-32(29,25-20(27)30-21(5,6)7)18-13-23-19(31-18)22(8,9)28/h13-14,28H,10-12H2,1-9H3,(H,24,25,26,27,29)/b16-15-. The van der Waals surface area contributed by atoms with Crippen molar-refractivity contribution in [1.82, 2.24) is 9.71 Å². The fourth-order valence-corrected chi connectivity index (χ4v) is 5.72. The van der Waals surface area contributed by atoms with Gasteiger partial charge in [0.1, 0.15) is 20.4 Å². The molecule has 182 valence electrons. The van der Waals surface area contributed by atoms with Gasteiger partial charge in [-0.25, -0.2) is 18.7 Å². The molecule has 0 aliphatic carbocycles. The van der Waals surface area contributed by atoms with Crippen LogP contribution in [0.1, 0.15) is 86.6 Å². The molecule has 2 N–H and O–H groups in total. The summed E-state index contributed by atoms with van der Waals surface area (Å²) in [6.07, 6.45) is 1.80. The molecule has 8 nitrogen and oxygen atoms in total. The van der Waals surface area contributed by atoms with Crippen molar-refractivity contribution in [2.75, 3.05) is 0 Å². The lowest BCUT2D eigenvalue weighted by Crippen LogP contribution is -2.36. The van der Waals surface area contributed by atoms with E-state index in [1.165, 1.54) is 25.6 Å². The smallest absolute Gasteiger partial charge is 0.420 e. The molecule has 32 heavy (non-hydrogen) atoms. The van der Waals surface area contributed by atoms with E-state index in [4.69, 9.17) is 4.74 Å². The number of carbonyl (C=O) groups is 2. The van der Waals surface area contributed by atoms with E-state index in [2.05, 4.69) is 27.9 Å². The number of rotatable bonds is 8. The Morgan fingerprint density at radius 3 is 2.22 bits per heavy atom. The quantitative estimate of drug-likeness (QED) is 0.479. The Bertz CT molecular complexity index is 972. The maximum atomic E-state index is 13.8. The number of ether oxygens (including phenoxy) is 1. The highest BCUT2D eigenvalue weighted by molar-refractivity contribution is 7.94. The van der Waals surface area contributed by atoms with Crippen molar-refractivity contribution in [3.05, 3.63) is 22.4 Å². The van der Waals surface area contributed by atoms with E-state index in [1.54, 1.807) is 20.8 Å². The molecule has 1 unspecified atom stereocenters. The van der Waals surface area contributed by atoms with Crippen LogP contribution in [0.25, 0.3) is 0 Å². The van der Waals surface area contributed by atoms with Crippen molar-refractivity contribution < 1.29 is 23.6 Å². The van der Waals surface area contributed by atoms with E-state index in [1.807, 2.05) is 13.8 Å². The molecule has 10 heteroatoms. The number of nitrogens with zero attached hydrogens (tertiary/aromatic N) is 2. The van der Waals surface area contributed by atoms with E-state index >= 15 is 0 Å². The first-order valence-corrected chi connectivity index (χ1v) is 13.1. The van der Waals surface area contributed by atoms with E-state index < -0.39 is 33.1 Å². The highest BCUT2D eigenvalue weighted by Gasteiger charge is 2.28. The van der Waals surface area contributed by atoms with Crippen molar-refractivity contribution in [2.24, 2.45) is 10.3 Å². The molecule has 0 aliphatic rings. The summed E-state index contributed by atoms with van der Waals surface area (Å²) in [6, 6.07) is 0. The van der Waals surface area contributed by atoms with Gasteiger partial charge < -0.3 is 9.84 Å². The van der Waals surface area contributed by atoms with Crippen molar-refractivity contribution in [2.45, 2.75) is 97.0 Å². The van der Waals surface area contributed by atoms with Crippen molar-refractivity contribution in [3.8, 4) is 0 Å². The molecular weight excluding hydrogens is 450 g/mol. The van der Waals surface area contributed by atoms with Crippen LogP contribution >= 0.6 is 11.3 Å². The van der Waals surface area contributed by atoms with Crippen LogP contribution in [0.5, 0.6) is 0 Å². The fraction of sp³-hybridized carbons (Fsp3) is 0.682. The summed E-state index contributed by atoms with van der Waals surface area (Å²) in [5.74, 6) is -0.324. The van der Waals surface area contributed by atoms with Gasteiger partial charge >= 0.3 is 6.09 Å². The van der Waals surface area contributed by atoms with E-state index in [-0.39, 0.29) is 21.6 Å². The topological polar surface area (TPSA) is 118 Å². The molecule has 2 amide bonds.